The first-order valence-corrected chi connectivity index (χ1v) is 8.34. The van der Waals surface area contributed by atoms with Gasteiger partial charge in [-0.1, -0.05) is 6.92 Å². The maximum Gasteiger partial charge on any atom is 0.251 e. The van der Waals surface area contributed by atoms with Gasteiger partial charge in [0.25, 0.3) is 5.91 Å². The molecule has 1 aromatic carbocycles. The molecule has 132 valence electrons. The number of hydrogen-bond donors (Lipinski definition) is 2. The van der Waals surface area contributed by atoms with Crippen molar-refractivity contribution in [2.45, 2.75) is 32.7 Å². The van der Waals surface area contributed by atoms with Crippen LogP contribution in [0.4, 0.5) is 0 Å². The zero-order valence-electron chi connectivity index (χ0n) is 14.5. The van der Waals surface area contributed by atoms with Crippen LogP contribution in [0.3, 0.4) is 0 Å². The summed E-state index contributed by atoms with van der Waals surface area (Å²) < 4.78 is 5.63. The lowest BCUT2D eigenvalue weighted by atomic mass is 10.2. The topological polar surface area (TPSA) is 80.3 Å². The SMILES string of the molecule is CCC(C)NC(=O)CCNC(=O)c1ccc(Oc2cccnc2)cc1. The van der Waals surface area contributed by atoms with Crippen molar-refractivity contribution < 1.29 is 14.3 Å². The summed E-state index contributed by atoms with van der Waals surface area (Å²) in [5.74, 6) is 0.976. The second kappa shape index (κ2) is 9.42. The zero-order valence-corrected chi connectivity index (χ0v) is 14.5. The van der Waals surface area contributed by atoms with Gasteiger partial charge in [0, 0.05) is 30.8 Å². The Balaban J connectivity index is 1.79. The lowest BCUT2D eigenvalue weighted by molar-refractivity contribution is -0.121. The van der Waals surface area contributed by atoms with E-state index in [-0.39, 0.29) is 24.3 Å². The summed E-state index contributed by atoms with van der Waals surface area (Å²) in [4.78, 5) is 27.7. The molecule has 0 fully saturated rings. The van der Waals surface area contributed by atoms with E-state index < -0.39 is 0 Å². The molecule has 0 bridgehead atoms. The number of benzene rings is 1. The van der Waals surface area contributed by atoms with Crippen LogP contribution in [0, 0.1) is 0 Å². The van der Waals surface area contributed by atoms with Crippen molar-refractivity contribution in [3.63, 3.8) is 0 Å². The van der Waals surface area contributed by atoms with E-state index in [9.17, 15) is 9.59 Å². The van der Waals surface area contributed by atoms with E-state index in [2.05, 4.69) is 15.6 Å². The normalized spacial score (nSPS) is 11.4. The Morgan fingerprint density at radius 2 is 1.92 bits per heavy atom. The largest absolute Gasteiger partial charge is 0.456 e. The Hall–Kier alpha value is -2.89. The Morgan fingerprint density at radius 1 is 1.16 bits per heavy atom. The van der Waals surface area contributed by atoms with Gasteiger partial charge in [0.15, 0.2) is 0 Å². The molecule has 0 aliphatic rings. The molecular weight excluding hydrogens is 318 g/mol. The Kier molecular flexibility index (Phi) is 6.95. The molecule has 2 aromatic rings. The van der Waals surface area contributed by atoms with Crippen molar-refractivity contribution in [3.8, 4) is 11.5 Å². The molecule has 2 amide bonds. The van der Waals surface area contributed by atoms with Crippen molar-refractivity contribution in [2.75, 3.05) is 6.54 Å². The summed E-state index contributed by atoms with van der Waals surface area (Å²) in [6.07, 6.45) is 4.43. The summed E-state index contributed by atoms with van der Waals surface area (Å²) in [7, 11) is 0. The van der Waals surface area contributed by atoms with E-state index in [1.165, 1.54) is 0 Å². The first-order valence-electron chi connectivity index (χ1n) is 8.34. The number of nitrogens with zero attached hydrogens (tertiary/aromatic N) is 1. The molecule has 1 unspecified atom stereocenters. The minimum atomic E-state index is -0.218. The molecule has 0 spiro atoms. The van der Waals surface area contributed by atoms with Crippen molar-refractivity contribution >= 4 is 11.8 Å². The van der Waals surface area contributed by atoms with Gasteiger partial charge in [0.05, 0.1) is 6.20 Å². The molecular formula is C19H23N3O3. The number of carbonyl (C=O) groups is 2. The molecule has 0 radical (unpaired) electrons. The molecule has 6 nitrogen and oxygen atoms in total. The van der Waals surface area contributed by atoms with Gasteiger partial charge in [0.1, 0.15) is 11.5 Å². The lowest BCUT2D eigenvalue weighted by Gasteiger charge is -2.11. The van der Waals surface area contributed by atoms with Crippen LogP contribution in [0.5, 0.6) is 11.5 Å². The molecule has 25 heavy (non-hydrogen) atoms. The van der Waals surface area contributed by atoms with Crippen LogP contribution in [0.15, 0.2) is 48.8 Å². The summed E-state index contributed by atoms with van der Waals surface area (Å²) in [5, 5.41) is 5.60. The fourth-order valence-corrected chi connectivity index (χ4v) is 2.06. The maximum absolute atomic E-state index is 12.1. The van der Waals surface area contributed by atoms with Crippen LogP contribution in [0.1, 0.15) is 37.0 Å². The third kappa shape index (κ3) is 6.25. The summed E-state index contributed by atoms with van der Waals surface area (Å²) in [6, 6.07) is 10.5. The number of pyridine rings is 1. The van der Waals surface area contributed by atoms with E-state index in [4.69, 9.17) is 4.74 Å². The van der Waals surface area contributed by atoms with Crippen LogP contribution in [0.25, 0.3) is 0 Å². The molecule has 2 rings (SSSR count). The number of rotatable bonds is 8. The molecule has 0 aliphatic heterocycles. The number of carbonyl (C=O) groups excluding carboxylic acids is 2. The van der Waals surface area contributed by atoms with E-state index in [0.29, 0.717) is 23.6 Å². The molecule has 6 heteroatoms. The number of amides is 2. The molecule has 0 saturated heterocycles. The third-order valence-electron chi connectivity index (χ3n) is 3.64. The Labute approximate surface area is 147 Å². The smallest absolute Gasteiger partial charge is 0.251 e. The van der Waals surface area contributed by atoms with E-state index in [0.717, 1.165) is 6.42 Å². The van der Waals surface area contributed by atoms with Crippen LogP contribution >= 0.6 is 0 Å². The first-order chi connectivity index (χ1) is 12.1. The minimum Gasteiger partial charge on any atom is -0.456 e. The van der Waals surface area contributed by atoms with Crippen LogP contribution < -0.4 is 15.4 Å². The molecule has 0 saturated carbocycles. The van der Waals surface area contributed by atoms with E-state index in [1.807, 2.05) is 13.8 Å². The van der Waals surface area contributed by atoms with Crippen molar-refractivity contribution in [2.24, 2.45) is 0 Å². The Bertz CT molecular complexity index is 687. The summed E-state index contributed by atoms with van der Waals surface area (Å²) >= 11 is 0. The molecule has 1 heterocycles. The van der Waals surface area contributed by atoms with Gasteiger partial charge < -0.3 is 15.4 Å². The van der Waals surface area contributed by atoms with Crippen molar-refractivity contribution in [1.82, 2.24) is 15.6 Å². The Morgan fingerprint density at radius 3 is 2.56 bits per heavy atom. The van der Waals surface area contributed by atoms with Crippen molar-refractivity contribution in [3.05, 3.63) is 54.4 Å². The average Bonchev–Trinajstić information content (AvgIpc) is 2.63. The van der Waals surface area contributed by atoms with E-state index >= 15 is 0 Å². The second-order valence-corrected chi connectivity index (χ2v) is 5.70. The molecule has 0 aliphatic carbocycles. The summed E-state index contributed by atoms with van der Waals surface area (Å²) in [5.41, 5.74) is 0.515. The van der Waals surface area contributed by atoms with Crippen LogP contribution in [0.2, 0.25) is 0 Å². The van der Waals surface area contributed by atoms with Gasteiger partial charge in [-0.05, 0) is 49.7 Å². The van der Waals surface area contributed by atoms with Gasteiger partial charge in [-0.25, -0.2) is 0 Å². The minimum absolute atomic E-state index is 0.0603. The maximum atomic E-state index is 12.1. The highest BCUT2D eigenvalue weighted by molar-refractivity contribution is 5.94. The number of ether oxygens (including phenoxy) is 1. The van der Waals surface area contributed by atoms with Gasteiger partial charge in [-0.2, -0.15) is 0 Å². The van der Waals surface area contributed by atoms with Crippen molar-refractivity contribution in [1.29, 1.82) is 0 Å². The van der Waals surface area contributed by atoms with Gasteiger partial charge in [-0.3, -0.25) is 14.6 Å². The van der Waals surface area contributed by atoms with Gasteiger partial charge in [0.2, 0.25) is 5.91 Å². The van der Waals surface area contributed by atoms with E-state index in [1.54, 1.807) is 48.8 Å². The van der Waals surface area contributed by atoms with Crippen LogP contribution in [-0.2, 0) is 4.79 Å². The predicted octanol–water partition coefficient (Wildman–Crippen LogP) is 2.91. The highest BCUT2D eigenvalue weighted by Gasteiger charge is 2.08. The summed E-state index contributed by atoms with van der Waals surface area (Å²) in [6.45, 7) is 4.26. The molecule has 2 N–H and O–H groups in total. The number of nitrogens with one attached hydrogen (secondary N) is 2. The zero-order chi connectivity index (χ0) is 18.1. The number of aromatic nitrogens is 1. The average molecular weight is 341 g/mol. The van der Waals surface area contributed by atoms with Gasteiger partial charge >= 0.3 is 0 Å². The van der Waals surface area contributed by atoms with Gasteiger partial charge in [-0.15, -0.1) is 0 Å². The lowest BCUT2D eigenvalue weighted by Crippen LogP contribution is -2.35. The standard InChI is InChI=1S/C19H23N3O3/c1-3-14(2)22-18(23)10-12-21-19(24)15-6-8-16(9-7-15)25-17-5-4-11-20-13-17/h4-9,11,13-14H,3,10,12H2,1-2H3,(H,21,24)(H,22,23). The fourth-order valence-electron chi connectivity index (χ4n) is 2.06. The second-order valence-electron chi connectivity index (χ2n) is 5.70. The first kappa shape index (κ1) is 18.4. The molecule has 1 atom stereocenters. The number of hydrogen-bond acceptors (Lipinski definition) is 4. The monoisotopic (exact) mass is 341 g/mol. The fraction of sp³-hybridized carbons (Fsp3) is 0.316. The predicted molar refractivity (Wildman–Crippen MR) is 95.6 cm³/mol. The highest BCUT2D eigenvalue weighted by Crippen LogP contribution is 2.20. The van der Waals surface area contributed by atoms with Crippen LogP contribution in [-0.4, -0.2) is 29.4 Å². The quantitative estimate of drug-likeness (QED) is 0.774. The molecule has 1 aromatic heterocycles. The highest BCUT2D eigenvalue weighted by atomic mass is 16.5. The third-order valence-corrected chi connectivity index (χ3v) is 3.64.